The van der Waals surface area contributed by atoms with Gasteiger partial charge in [0.05, 0.1) is 23.3 Å². The van der Waals surface area contributed by atoms with E-state index in [0.29, 0.717) is 32.6 Å². The van der Waals surface area contributed by atoms with Crippen LogP contribution in [0.25, 0.3) is 0 Å². The van der Waals surface area contributed by atoms with Crippen LogP contribution in [0.3, 0.4) is 0 Å². The average molecular weight is 344 g/mol. The van der Waals surface area contributed by atoms with Gasteiger partial charge in [-0.3, -0.25) is 14.5 Å². The summed E-state index contributed by atoms with van der Waals surface area (Å²) in [5.74, 6) is -1.51. The topological polar surface area (TPSA) is 95.0 Å². The summed E-state index contributed by atoms with van der Waals surface area (Å²) in [5.41, 5.74) is -0.473. The third-order valence-electron chi connectivity index (χ3n) is 5.71. The monoisotopic (exact) mass is 344 g/mol. The van der Waals surface area contributed by atoms with Crippen molar-refractivity contribution in [3.8, 4) is 0 Å². The van der Waals surface area contributed by atoms with Crippen LogP contribution in [0.1, 0.15) is 20.3 Å². The van der Waals surface area contributed by atoms with E-state index in [0.717, 1.165) is 0 Å². The van der Waals surface area contributed by atoms with Gasteiger partial charge in [0.15, 0.2) is 9.84 Å². The Bertz CT molecular complexity index is 622. The van der Waals surface area contributed by atoms with Crippen molar-refractivity contribution >= 4 is 21.7 Å². The minimum atomic E-state index is -2.90. The molecule has 2 aliphatic heterocycles. The Morgan fingerprint density at radius 3 is 2.13 bits per heavy atom. The molecule has 1 aliphatic carbocycles. The van der Waals surface area contributed by atoms with Crippen molar-refractivity contribution in [2.45, 2.75) is 26.3 Å². The highest BCUT2D eigenvalue weighted by Gasteiger charge is 2.66. The van der Waals surface area contributed by atoms with Crippen LogP contribution in [0, 0.1) is 17.3 Å². The van der Waals surface area contributed by atoms with Gasteiger partial charge in [0, 0.05) is 32.2 Å². The van der Waals surface area contributed by atoms with Crippen LogP contribution >= 0.6 is 0 Å². The minimum absolute atomic E-state index is 0.0684. The molecule has 130 valence electrons. The number of hydrogen-bond acceptors (Lipinski definition) is 5. The number of sulfone groups is 1. The zero-order valence-corrected chi connectivity index (χ0v) is 14.4. The van der Waals surface area contributed by atoms with E-state index in [1.54, 1.807) is 4.90 Å². The fourth-order valence-electron chi connectivity index (χ4n) is 4.13. The molecule has 2 saturated heterocycles. The molecule has 1 amide bonds. The van der Waals surface area contributed by atoms with Gasteiger partial charge in [0.2, 0.25) is 5.91 Å². The zero-order valence-electron chi connectivity index (χ0n) is 13.6. The number of nitrogens with zero attached hydrogens (tertiary/aromatic N) is 2. The maximum atomic E-state index is 12.6. The average Bonchev–Trinajstić information content (AvgIpc) is 2.86. The Hall–Kier alpha value is -1.15. The number of piperazine rings is 1. The van der Waals surface area contributed by atoms with Gasteiger partial charge in [-0.05, 0) is 11.8 Å². The summed E-state index contributed by atoms with van der Waals surface area (Å²) in [4.78, 5) is 27.7. The van der Waals surface area contributed by atoms with Gasteiger partial charge >= 0.3 is 5.97 Å². The molecular weight excluding hydrogens is 320 g/mol. The SMILES string of the molecule is CC1(C)C(C(=O)O)C1C(=O)N1CCN(C2CCS(=O)(=O)C2)CC1. The highest BCUT2D eigenvalue weighted by molar-refractivity contribution is 7.91. The van der Waals surface area contributed by atoms with Crippen LogP contribution in [0.4, 0.5) is 0 Å². The normalized spacial score (nSPS) is 35.9. The molecular formula is C15H24N2O5S. The van der Waals surface area contributed by atoms with Crippen LogP contribution in [0.2, 0.25) is 0 Å². The fraction of sp³-hybridized carbons (Fsp3) is 0.867. The lowest BCUT2D eigenvalue weighted by atomic mass is 10.1. The first kappa shape index (κ1) is 16.7. The van der Waals surface area contributed by atoms with Crippen molar-refractivity contribution in [3.05, 3.63) is 0 Å². The predicted molar refractivity (Wildman–Crippen MR) is 83.6 cm³/mol. The molecule has 1 saturated carbocycles. The molecule has 1 N–H and O–H groups in total. The molecule has 7 nitrogen and oxygen atoms in total. The maximum Gasteiger partial charge on any atom is 0.307 e. The second-order valence-corrected chi connectivity index (χ2v) is 9.76. The Kier molecular flexibility index (Phi) is 3.95. The first-order valence-electron chi connectivity index (χ1n) is 8.09. The first-order valence-corrected chi connectivity index (χ1v) is 9.92. The number of carboxylic acids is 1. The summed E-state index contributed by atoms with van der Waals surface area (Å²) in [7, 11) is -2.90. The Labute approximate surface area is 136 Å². The molecule has 23 heavy (non-hydrogen) atoms. The van der Waals surface area contributed by atoms with Crippen molar-refractivity contribution in [2.75, 3.05) is 37.7 Å². The lowest BCUT2D eigenvalue weighted by molar-refractivity contribution is -0.142. The summed E-state index contributed by atoms with van der Waals surface area (Å²) in [6.07, 6.45) is 0.674. The standard InChI is InChI=1S/C15H24N2O5S/c1-15(2)11(12(15)14(19)20)13(18)17-6-4-16(5-7-17)10-3-8-23(21,22)9-10/h10-12H,3-9H2,1-2H3,(H,19,20). The number of aliphatic carboxylic acids is 1. The smallest absolute Gasteiger partial charge is 0.307 e. The molecule has 8 heteroatoms. The van der Waals surface area contributed by atoms with E-state index < -0.39 is 33.1 Å². The molecule has 0 aromatic carbocycles. The number of carboxylic acid groups (broad SMARTS) is 1. The predicted octanol–water partition coefficient (Wildman–Crippen LogP) is -0.325. The van der Waals surface area contributed by atoms with E-state index >= 15 is 0 Å². The van der Waals surface area contributed by atoms with Crippen LogP contribution in [0.5, 0.6) is 0 Å². The molecule has 3 aliphatic rings. The zero-order chi connectivity index (χ0) is 17.0. The third kappa shape index (κ3) is 2.98. The summed E-state index contributed by atoms with van der Waals surface area (Å²) < 4.78 is 23.2. The summed E-state index contributed by atoms with van der Waals surface area (Å²) in [6, 6.07) is 0.0707. The number of hydrogen-bond donors (Lipinski definition) is 1. The molecule has 3 fully saturated rings. The van der Waals surface area contributed by atoms with Crippen molar-refractivity contribution < 1.29 is 23.1 Å². The van der Waals surface area contributed by atoms with Crippen LogP contribution in [0.15, 0.2) is 0 Å². The van der Waals surface area contributed by atoms with E-state index in [1.807, 2.05) is 13.8 Å². The van der Waals surface area contributed by atoms with E-state index in [4.69, 9.17) is 0 Å². The highest BCUT2D eigenvalue weighted by Crippen LogP contribution is 2.59. The summed E-state index contributed by atoms with van der Waals surface area (Å²) in [5, 5.41) is 9.21. The summed E-state index contributed by atoms with van der Waals surface area (Å²) >= 11 is 0. The van der Waals surface area contributed by atoms with E-state index in [1.165, 1.54) is 0 Å². The molecule has 0 spiro atoms. The number of amides is 1. The number of carbonyl (C=O) groups excluding carboxylic acids is 1. The Morgan fingerprint density at radius 2 is 1.70 bits per heavy atom. The molecule has 3 rings (SSSR count). The van der Waals surface area contributed by atoms with Crippen molar-refractivity contribution in [2.24, 2.45) is 17.3 Å². The van der Waals surface area contributed by atoms with Crippen LogP contribution in [-0.4, -0.2) is 78.9 Å². The van der Waals surface area contributed by atoms with Crippen molar-refractivity contribution in [1.82, 2.24) is 9.80 Å². The van der Waals surface area contributed by atoms with Gasteiger partial charge in [-0.15, -0.1) is 0 Å². The largest absolute Gasteiger partial charge is 0.481 e. The van der Waals surface area contributed by atoms with E-state index in [2.05, 4.69) is 4.90 Å². The molecule has 0 aromatic heterocycles. The quantitative estimate of drug-likeness (QED) is 0.754. The van der Waals surface area contributed by atoms with Gasteiger partial charge in [0.1, 0.15) is 0 Å². The van der Waals surface area contributed by atoms with Crippen LogP contribution < -0.4 is 0 Å². The second kappa shape index (κ2) is 5.44. The lowest BCUT2D eigenvalue weighted by Crippen LogP contribution is -2.52. The van der Waals surface area contributed by atoms with Gasteiger partial charge in [-0.2, -0.15) is 0 Å². The molecule has 3 atom stereocenters. The van der Waals surface area contributed by atoms with Gasteiger partial charge in [0.25, 0.3) is 0 Å². The minimum Gasteiger partial charge on any atom is -0.481 e. The third-order valence-corrected chi connectivity index (χ3v) is 7.46. The molecule has 3 unspecified atom stereocenters. The highest BCUT2D eigenvalue weighted by atomic mass is 32.2. The lowest BCUT2D eigenvalue weighted by Gasteiger charge is -2.38. The Morgan fingerprint density at radius 1 is 1.09 bits per heavy atom. The fourth-order valence-corrected chi connectivity index (χ4v) is 5.89. The first-order chi connectivity index (χ1) is 10.6. The van der Waals surface area contributed by atoms with E-state index in [-0.39, 0.29) is 23.5 Å². The van der Waals surface area contributed by atoms with Gasteiger partial charge in [-0.1, -0.05) is 13.8 Å². The second-order valence-electron chi connectivity index (χ2n) is 7.53. The molecule has 0 aromatic rings. The Balaban J connectivity index is 1.56. The van der Waals surface area contributed by atoms with Gasteiger partial charge < -0.3 is 10.0 Å². The van der Waals surface area contributed by atoms with E-state index in [9.17, 15) is 23.1 Å². The maximum absolute atomic E-state index is 12.6. The molecule has 2 heterocycles. The summed E-state index contributed by atoms with van der Waals surface area (Å²) in [6.45, 7) is 6.08. The van der Waals surface area contributed by atoms with Gasteiger partial charge in [-0.25, -0.2) is 8.42 Å². The number of carbonyl (C=O) groups is 2. The molecule has 0 radical (unpaired) electrons. The number of rotatable bonds is 3. The van der Waals surface area contributed by atoms with Crippen molar-refractivity contribution in [3.63, 3.8) is 0 Å². The molecule has 0 bridgehead atoms. The van der Waals surface area contributed by atoms with Crippen LogP contribution in [-0.2, 0) is 19.4 Å². The van der Waals surface area contributed by atoms with Crippen molar-refractivity contribution in [1.29, 1.82) is 0 Å².